The number of rotatable bonds is 11. The molecule has 0 radical (unpaired) electrons. The van der Waals surface area contributed by atoms with E-state index in [1.807, 2.05) is 0 Å². The standard InChI is InChI=1S/C31H33N3O7S/c1-21(2)28-30(37)33(20-27(35)32-25(29(36)31(38)39)18-22-12-6-3-7-13-22)26(23-14-8-4-9-15-23)19-34(28)42(40,41)24-16-10-5-11-17-24/h3-17,19,21,25,28-29,36H,18,20H2,1-2H3,(H,32,35)(H,38,39)/t25-,28?,29?/m0/s1. The largest absolute Gasteiger partial charge is 0.479 e. The highest BCUT2D eigenvalue weighted by Gasteiger charge is 2.44. The summed E-state index contributed by atoms with van der Waals surface area (Å²) in [6.45, 7) is 2.91. The van der Waals surface area contributed by atoms with Crippen LogP contribution in [0, 0.1) is 5.92 Å². The number of hydrogen-bond acceptors (Lipinski definition) is 6. The van der Waals surface area contributed by atoms with Crippen LogP contribution in [0.3, 0.4) is 0 Å². The zero-order valence-electron chi connectivity index (χ0n) is 23.2. The fourth-order valence-electron chi connectivity index (χ4n) is 4.85. The number of benzene rings is 3. The van der Waals surface area contributed by atoms with Crippen molar-refractivity contribution in [2.24, 2.45) is 5.92 Å². The summed E-state index contributed by atoms with van der Waals surface area (Å²) in [6.07, 6.45) is -0.497. The Hall–Kier alpha value is -4.48. The molecule has 0 spiro atoms. The molecule has 0 aliphatic carbocycles. The molecule has 3 aromatic rings. The molecule has 0 saturated heterocycles. The summed E-state index contributed by atoms with van der Waals surface area (Å²) in [5.41, 5.74) is 1.38. The molecule has 3 atom stereocenters. The number of nitrogens with one attached hydrogen (secondary N) is 1. The molecule has 2 unspecified atom stereocenters. The number of carboxylic acid groups (broad SMARTS) is 1. The van der Waals surface area contributed by atoms with Crippen LogP contribution in [0.2, 0.25) is 0 Å². The topological polar surface area (TPSA) is 144 Å². The molecule has 2 amide bonds. The van der Waals surface area contributed by atoms with Gasteiger partial charge in [0.05, 0.1) is 16.6 Å². The van der Waals surface area contributed by atoms with Gasteiger partial charge in [0, 0.05) is 6.20 Å². The molecule has 0 aromatic heterocycles. The third kappa shape index (κ3) is 6.69. The van der Waals surface area contributed by atoms with Crippen molar-refractivity contribution >= 4 is 33.5 Å². The van der Waals surface area contributed by atoms with E-state index in [0.29, 0.717) is 11.1 Å². The lowest BCUT2D eigenvalue weighted by atomic mass is 9.99. The number of carbonyl (C=O) groups excluding carboxylic acids is 2. The molecule has 10 nitrogen and oxygen atoms in total. The second kappa shape index (κ2) is 13.0. The minimum atomic E-state index is -4.15. The van der Waals surface area contributed by atoms with Crippen molar-refractivity contribution in [1.82, 2.24) is 14.5 Å². The van der Waals surface area contributed by atoms with Crippen molar-refractivity contribution < 1.29 is 33.0 Å². The molecular weight excluding hydrogens is 558 g/mol. The monoisotopic (exact) mass is 591 g/mol. The van der Waals surface area contributed by atoms with E-state index < -0.39 is 58.5 Å². The predicted octanol–water partition coefficient (Wildman–Crippen LogP) is 2.72. The Morgan fingerprint density at radius 3 is 2.00 bits per heavy atom. The Bertz CT molecular complexity index is 1550. The van der Waals surface area contributed by atoms with Crippen LogP contribution in [0.4, 0.5) is 0 Å². The zero-order chi connectivity index (χ0) is 30.4. The fraction of sp³-hybridized carbons (Fsp3) is 0.258. The first kappa shape index (κ1) is 30.5. The van der Waals surface area contributed by atoms with Gasteiger partial charge in [0.25, 0.3) is 15.9 Å². The molecule has 0 saturated carbocycles. The molecule has 3 aromatic carbocycles. The first-order valence-corrected chi connectivity index (χ1v) is 14.9. The van der Waals surface area contributed by atoms with E-state index in [1.165, 1.54) is 23.2 Å². The van der Waals surface area contributed by atoms with E-state index in [1.54, 1.807) is 92.7 Å². The van der Waals surface area contributed by atoms with Gasteiger partial charge < -0.3 is 15.5 Å². The highest BCUT2D eigenvalue weighted by Crippen LogP contribution is 2.33. The summed E-state index contributed by atoms with van der Waals surface area (Å²) in [5, 5.41) is 22.4. The first-order chi connectivity index (χ1) is 20.0. The molecule has 42 heavy (non-hydrogen) atoms. The maximum Gasteiger partial charge on any atom is 0.334 e. The Kier molecular flexibility index (Phi) is 9.44. The molecule has 11 heteroatoms. The molecular formula is C31H33N3O7S. The molecule has 1 aliphatic heterocycles. The summed E-state index contributed by atoms with van der Waals surface area (Å²) in [5.74, 6) is -3.29. The van der Waals surface area contributed by atoms with E-state index in [2.05, 4.69) is 5.32 Å². The number of hydrogen-bond donors (Lipinski definition) is 3. The predicted molar refractivity (Wildman–Crippen MR) is 156 cm³/mol. The van der Waals surface area contributed by atoms with E-state index in [4.69, 9.17) is 0 Å². The van der Waals surface area contributed by atoms with Gasteiger partial charge in [-0.1, -0.05) is 92.7 Å². The van der Waals surface area contributed by atoms with Gasteiger partial charge in [-0.15, -0.1) is 0 Å². The van der Waals surface area contributed by atoms with Crippen molar-refractivity contribution in [3.05, 3.63) is 108 Å². The molecule has 1 heterocycles. The van der Waals surface area contributed by atoms with Crippen LogP contribution in [0.15, 0.2) is 102 Å². The van der Waals surface area contributed by atoms with Crippen LogP contribution < -0.4 is 5.32 Å². The lowest BCUT2D eigenvalue weighted by Gasteiger charge is -2.41. The number of carboxylic acids is 1. The molecule has 3 N–H and O–H groups in total. The first-order valence-electron chi connectivity index (χ1n) is 13.4. The van der Waals surface area contributed by atoms with Crippen LogP contribution in [0.25, 0.3) is 5.70 Å². The summed E-state index contributed by atoms with van der Waals surface area (Å²) >= 11 is 0. The Morgan fingerprint density at radius 2 is 1.45 bits per heavy atom. The minimum absolute atomic E-state index is 0.0183. The number of sulfonamides is 1. The molecule has 1 aliphatic rings. The smallest absolute Gasteiger partial charge is 0.334 e. The summed E-state index contributed by atoms with van der Waals surface area (Å²) < 4.78 is 28.6. The second-order valence-electron chi connectivity index (χ2n) is 10.3. The third-order valence-corrected chi connectivity index (χ3v) is 8.69. The van der Waals surface area contributed by atoms with E-state index >= 15 is 0 Å². The minimum Gasteiger partial charge on any atom is -0.479 e. The fourth-order valence-corrected chi connectivity index (χ4v) is 6.47. The highest BCUT2D eigenvalue weighted by atomic mass is 32.2. The molecule has 0 bridgehead atoms. The average Bonchev–Trinajstić information content (AvgIpc) is 2.98. The quantitative estimate of drug-likeness (QED) is 0.311. The van der Waals surface area contributed by atoms with Gasteiger partial charge in [-0.25, -0.2) is 13.2 Å². The maximum atomic E-state index is 14.0. The second-order valence-corrected chi connectivity index (χ2v) is 12.1. The number of amides is 2. The van der Waals surface area contributed by atoms with Gasteiger partial charge in [-0.05, 0) is 35.6 Å². The van der Waals surface area contributed by atoms with Crippen molar-refractivity contribution in [2.45, 2.75) is 43.4 Å². The molecule has 4 rings (SSSR count). The Labute approximate surface area is 244 Å². The van der Waals surface area contributed by atoms with Gasteiger partial charge in [0.1, 0.15) is 12.6 Å². The number of carbonyl (C=O) groups is 3. The number of aliphatic carboxylic acids is 1. The normalized spacial score (nSPS) is 17.0. The average molecular weight is 592 g/mol. The van der Waals surface area contributed by atoms with Crippen molar-refractivity contribution in [1.29, 1.82) is 0 Å². The van der Waals surface area contributed by atoms with Crippen molar-refractivity contribution in [2.75, 3.05) is 6.54 Å². The number of aliphatic hydroxyl groups is 1. The van der Waals surface area contributed by atoms with E-state index in [9.17, 15) is 33.0 Å². The Morgan fingerprint density at radius 1 is 0.905 bits per heavy atom. The van der Waals surface area contributed by atoms with Gasteiger partial charge in [0.2, 0.25) is 5.91 Å². The van der Waals surface area contributed by atoms with E-state index in [0.717, 1.165) is 4.31 Å². The summed E-state index contributed by atoms with van der Waals surface area (Å²) in [6, 6.07) is 22.8. The van der Waals surface area contributed by atoms with Crippen LogP contribution in [0.1, 0.15) is 25.0 Å². The van der Waals surface area contributed by atoms with Crippen molar-refractivity contribution in [3.8, 4) is 0 Å². The van der Waals surface area contributed by atoms with Gasteiger partial charge in [-0.2, -0.15) is 0 Å². The lowest BCUT2D eigenvalue weighted by molar-refractivity contribution is -0.149. The van der Waals surface area contributed by atoms with E-state index in [-0.39, 0.29) is 17.0 Å². The third-order valence-electron chi connectivity index (χ3n) is 6.93. The van der Waals surface area contributed by atoms with Gasteiger partial charge >= 0.3 is 5.97 Å². The molecule has 220 valence electrons. The molecule has 0 fully saturated rings. The summed E-state index contributed by atoms with van der Waals surface area (Å²) in [7, 11) is -4.15. The highest BCUT2D eigenvalue weighted by molar-refractivity contribution is 7.89. The van der Waals surface area contributed by atoms with Gasteiger partial charge in [-0.3, -0.25) is 18.8 Å². The SMILES string of the molecule is CC(C)C1C(=O)N(CC(=O)N[C@@H](Cc2ccccc2)C(O)C(=O)O)C(c2ccccc2)=CN1S(=O)(=O)c1ccccc1. The number of aliphatic hydroxyl groups excluding tert-OH is 1. The van der Waals surface area contributed by atoms with Gasteiger partial charge in [0.15, 0.2) is 6.10 Å². The maximum absolute atomic E-state index is 14.0. The number of nitrogens with zero attached hydrogens (tertiary/aromatic N) is 2. The summed E-state index contributed by atoms with van der Waals surface area (Å²) in [4.78, 5) is 40.3. The van der Waals surface area contributed by atoms with Crippen LogP contribution in [-0.4, -0.2) is 70.4 Å². The van der Waals surface area contributed by atoms with Crippen LogP contribution >= 0.6 is 0 Å². The van der Waals surface area contributed by atoms with Crippen LogP contribution in [0.5, 0.6) is 0 Å². The van der Waals surface area contributed by atoms with Crippen molar-refractivity contribution in [3.63, 3.8) is 0 Å². The lowest BCUT2D eigenvalue weighted by Crippen LogP contribution is -2.57. The Balaban J connectivity index is 1.71. The zero-order valence-corrected chi connectivity index (χ0v) is 24.0. The van der Waals surface area contributed by atoms with Crippen LogP contribution in [-0.2, 0) is 30.8 Å².